The average Bonchev–Trinajstić information content (AvgIpc) is 2.87. The van der Waals surface area contributed by atoms with E-state index >= 15 is 0 Å². The number of aliphatic carboxylic acids is 1. The zero-order valence-corrected chi connectivity index (χ0v) is 15.8. The third-order valence-electron chi connectivity index (χ3n) is 5.30. The summed E-state index contributed by atoms with van der Waals surface area (Å²) in [5.41, 5.74) is 3.50. The van der Waals surface area contributed by atoms with Gasteiger partial charge in [-0.2, -0.15) is 0 Å². The number of anilines is 1. The number of aryl methyl sites for hydroxylation is 1. The molecule has 2 heterocycles. The molecule has 140 valence electrons. The molecule has 5 heteroatoms. The molecule has 26 heavy (non-hydrogen) atoms. The van der Waals surface area contributed by atoms with E-state index in [4.69, 9.17) is 10.1 Å². The number of carboxylic acid groups (broad SMARTS) is 1. The first kappa shape index (κ1) is 18.6. The minimum atomic E-state index is -0.752. The van der Waals surface area contributed by atoms with Gasteiger partial charge in [-0.15, -0.1) is 0 Å². The number of benzene rings is 1. The van der Waals surface area contributed by atoms with Crippen molar-refractivity contribution in [3.63, 3.8) is 0 Å². The fourth-order valence-electron chi connectivity index (χ4n) is 3.96. The second-order valence-electron chi connectivity index (χ2n) is 7.28. The van der Waals surface area contributed by atoms with Crippen molar-refractivity contribution in [2.75, 3.05) is 31.6 Å². The van der Waals surface area contributed by atoms with Gasteiger partial charge in [-0.1, -0.05) is 31.5 Å². The van der Waals surface area contributed by atoms with Crippen molar-refractivity contribution < 1.29 is 9.90 Å². The Morgan fingerprint density at radius 3 is 2.88 bits per heavy atom. The van der Waals surface area contributed by atoms with Crippen molar-refractivity contribution in [3.05, 3.63) is 36.0 Å². The lowest BCUT2D eigenvalue weighted by atomic mass is 10.1. The molecule has 0 saturated carbocycles. The van der Waals surface area contributed by atoms with Gasteiger partial charge >= 0.3 is 5.97 Å². The third-order valence-corrected chi connectivity index (χ3v) is 5.30. The number of aromatic nitrogens is 1. The van der Waals surface area contributed by atoms with E-state index in [-0.39, 0.29) is 6.54 Å². The first-order valence-corrected chi connectivity index (χ1v) is 9.64. The fourth-order valence-corrected chi connectivity index (χ4v) is 3.96. The molecule has 1 fully saturated rings. The molecule has 1 aromatic carbocycles. The summed E-state index contributed by atoms with van der Waals surface area (Å²) in [6.07, 6.45) is 5.20. The van der Waals surface area contributed by atoms with Gasteiger partial charge in [0, 0.05) is 35.9 Å². The van der Waals surface area contributed by atoms with Gasteiger partial charge in [0.25, 0.3) is 0 Å². The lowest BCUT2D eigenvalue weighted by Gasteiger charge is -2.27. The van der Waals surface area contributed by atoms with Crippen molar-refractivity contribution in [2.24, 2.45) is 0 Å². The summed E-state index contributed by atoms with van der Waals surface area (Å²) in [5, 5.41) is 10.3. The van der Waals surface area contributed by atoms with E-state index < -0.39 is 5.97 Å². The zero-order valence-electron chi connectivity index (χ0n) is 15.8. The summed E-state index contributed by atoms with van der Waals surface area (Å²) in [7, 11) is 1.93. The van der Waals surface area contributed by atoms with Gasteiger partial charge < -0.3 is 10.0 Å². The van der Waals surface area contributed by atoms with E-state index in [1.165, 1.54) is 11.1 Å². The highest BCUT2D eigenvalue weighted by Crippen LogP contribution is 2.29. The minimum absolute atomic E-state index is 0.115. The number of carbonyl (C=O) groups is 1. The molecule has 0 amide bonds. The van der Waals surface area contributed by atoms with Crippen LogP contribution in [0.25, 0.3) is 10.9 Å². The van der Waals surface area contributed by atoms with Crippen LogP contribution in [0.4, 0.5) is 5.69 Å². The number of carboxylic acids is 1. The quantitative estimate of drug-likeness (QED) is 0.858. The highest BCUT2D eigenvalue weighted by molar-refractivity contribution is 5.92. The number of pyridine rings is 1. The molecule has 3 rings (SSSR count). The van der Waals surface area contributed by atoms with Crippen LogP contribution in [0.5, 0.6) is 0 Å². The number of para-hydroxylation sites is 1. The van der Waals surface area contributed by atoms with Crippen molar-refractivity contribution in [2.45, 2.75) is 45.1 Å². The maximum absolute atomic E-state index is 11.0. The topological polar surface area (TPSA) is 56.7 Å². The van der Waals surface area contributed by atoms with Crippen LogP contribution in [0, 0.1) is 0 Å². The molecule has 1 N–H and O–H groups in total. The molecule has 0 spiro atoms. The predicted octanol–water partition coefficient (Wildman–Crippen LogP) is 3.56. The van der Waals surface area contributed by atoms with Crippen LogP contribution >= 0.6 is 0 Å². The number of hydrogen-bond donors (Lipinski definition) is 1. The predicted molar refractivity (Wildman–Crippen MR) is 106 cm³/mol. The van der Waals surface area contributed by atoms with E-state index in [2.05, 4.69) is 36.1 Å². The van der Waals surface area contributed by atoms with Crippen LogP contribution in [0.3, 0.4) is 0 Å². The number of fused-ring (bicyclic) bond motifs is 1. The van der Waals surface area contributed by atoms with E-state index in [0.29, 0.717) is 6.04 Å². The molecule has 0 radical (unpaired) electrons. The maximum atomic E-state index is 11.0. The lowest BCUT2D eigenvalue weighted by molar-refractivity contribution is -0.138. The third kappa shape index (κ3) is 4.33. The van der Waals surface area contributed by atoms with Crippen molar-refractivity contribution in [3.8, 4) is 0 Å². The van der Waals surface area contributed by atoms with E-state index in [1.807, 2.05) is 18.0 Å². The summed E-state index contributed by atoms with van der Waals surface area (Å²) < 4.78 is 0. The molecule has 1 aliphatic rings. The molecule has 2 aromatic rings. The lowest BCUT2D eigenvalue weighted by Crippen LogP contribution is -2.36. The zero-order chi connectivity index (χ0) is 18.5. The van der Waals surface area contributed by atoms with E-state index in [9.17, 15) is 4.79 Å². The smallest absolute Gasteiger partial charge is 0.317 e. The van der Waals surface area contributed by atoms with Crippen LogP contribution in [0.2, 0.25) is 0 Å². The van der Waals surface area contributed by atoms with E-state index in [1.54, 1.807) is 0 Å². The van der Waals surface area contributed by atoms with Crippen molar-refractivity contribution >= 4 is 22.6 Å². The average molecular weight is 355 g/mol. The molecule has 1 aromatic heterocycles. The summed E-state index contributed by atoms with van der Waals surface area (Å²) >= 11 is 0. The van der Waals surface area contributed by atoms with E-state index in [0.717, 1.165) is 56.4 Å². The van der Waals surface area contributed by atoms with Crippen LogP contribution in [0.1, 0.15) is 38.3 Å². The highest BCUT2D eigenvalue weighted by Gasteiger charge is 2.23. The number of rotatable bonds is 6. The molecular weight excluding hydrogens is 326 g/mol. The fraction of sp³-hybridized carbons (Fsp3) is 0.524. The van der Waals surface area contributed by atoms with Crippen molar-refractivity contribution in [1.29, 1.82) is 0 Å². The molecule has 0 bridgehead atoms. The largest absolute Gasteiger partial charge is 0.480 e. The second kappa shape index (κ2) is 8.49. The SMILES string of the molecule is CCCc1cc(N2CCCC(N(C)CC(=O)O)CC2)c2ccccc2n1. The van der Waals surface area contributed by atoms with Crippen LogP contribution in [0.15, 0.2) is 30.3 Å². The summed E-state index contributed by atoms with van der Waals surface area (Å²) in [5.74, 6) is -0.752. The summed E-state index contributed by atoms with van der Waals surface area (Å²) in [4.78, 5) is 20.3. The Balaban J connectivity index is 1.83. The van der Waals surface area contributed by atoms with Gasteiger partial charge in [-0.05, 0) is 44.9 Å². The van der Waals surface area contributed by atoms with Gasteiger partial charge in [0.2, 0.25) is 0 Å². The first-order valence-electron chi connectivity index (χ1n) is 9.64. The van der Waals surface area contributed by atoms with Gasteiger partial charge in [0.15, 0.2) is 0 Å². The Morgan fingerprint density at radius 1 is 1.31 bits per heavy atom. The highest BCUT2D eigenvalue weighted by atomic mass is 16.4. The van der Waals surface area contributed by atoms with Crippen LogP contribution in [-0.2, 0) is 11.2 Å². The second-order valence-corrected chi connectivity index (χ2v) is 7.28. The molecule has 1 atom stereocenters. The Bertz CT molecular complexity index is 762. The number of likely N-dealkylation sites (N-methyl/N-ethyl adjacent to an activating group) is 1. The number of hydrogen-bond acceptors (Lipinski definition) is 4. The summed E-state index contributed by atoms with van der Waals surface area (Å²) in [6, 6.07) is 11.0. The van der Waals surface area contributed by atoms with Crippen LogP contribution in [-0.4, -0.2) is 53.7 Å². The molecule has 1 aliphatic heterocycles. The van der Waals surface area contributed by atoms with Gasteiger partial charge in [0.05, 0.1) is 12.1 Å². The molecular formula is C21H29N3O2. The van der Waals surface area contributed by atoms with Gasteiger partial charge in [-0.25, -0.2) is 0 Å². The Morgan fingerprint density at radius 2 is 2.12 bits per heavy atom. The number of nitrogens with zero attached hydrogens (tertiary/aromatic N) is 3. The molecule has 1 unspecified atom stereocenters. The first-order chi connectivity index (χ1) is 12.6. The molecule has 0 aliphatic carbocycles. The van der Waals surface area contributed by atoms with Crippen LogP contribution < -0.4 is 4.90 Å². The van der Waals surface area contributed by atoms with Crippen molar-refractivity contribution in [1.82, 2.24) is 9.88 Å². The summed E-state index contributed by atoms with van der Waals surface area (Å²) in [6.45, 7) is 4.26. The monoisotopic (exact) mass is 355 g/mol. The minimum Gasteiger partial charge on any atom is -0.480 e. The van der Waals surface area contributed by atoms with Gasteiger partial charge in [0.1, 0.15) is 0 Å². The molecule has 5 nitrogen and oxygen atoms in total. The van der Waals surface area contributed by atoms with Gasteiger partial charge in [-0.3, -0.25) is 14.7 Å². The molecule has 1 saturated heterocycles. The Kier molecular flexibility index (Phi) is 6.09. The standard InChI is InChI=1S/C21H29N3O2/c1-3-7-16-14-20(18-9-4-5-10-19(18)22-16)24-12-6-8-17(11-13-24)23(2)15-21(25)26/h4-5,9-10,14,17H,3,6-8,11-13,15H2,1-2H3,(H,25,26). The normalized spacial score (nSPS) is 18.3. The maximum Gasteiger partial charge on any atom is 0.317 e. The Hall–Kier alpha value is -2.14. The Labute approximate surface area is 155 Å².